The number of anilines is 2. The number of rotatable bonds is 4. The fourth-order valence-corrected chi connectivity index (χ4v) is 2.45. The van der Waals surface area contributed by atoms with E-state index in [0.29, 0.717) is 11.4 Å². The SMILES string of the molecule is Cc1cc(C)cc(NC(=O)c2cc([N+](=O)[O-])ccc2N(C)C)c1. The summed E-state index contributed by atoms with van der Waals surface area (Å²) in [4.78, 5) is 24.8. The zero-order chi connectivity index (χ0) is 17.1. The van der Waals surface area contributed by atoms with Gasteiger partial charge in [0.2, 0.25) is 0 Å². The number of carbonyl (C=O) groups excluding carboxylic acids is 1. The van der Waals surface area contributed by atoms with Crippen molar-refractivity contribution in [3.8, 4) is 0 Å². The van der Waals surface area contributed by atoms with Gasteiger partial charge in [0, 0.05) is 37.6 Å². The largest absolute Gasteiger partial charge is 0.377 e. The Hall–Kier alpha value is -2.89. The second-order valence-electron chi connectivity index (χ2n) is 5.68. The van der Waals surface area contributed by atoms with Crippen LogP contribution in [0.15, 0.2) is 36.4 Å². The van der Waals surface area contributed by atoms with E-state index in [0.717, 1.165) is 11.1 Å². The predicted octanol–water partition coefficient (Wildman–Crippen LogP) is 3.53. The third-order valence-corrected chi connectivity index (χ3v) is 3.40. The lowest BCUT2D eigenvalue weighted by atomic mass is 10.1. The minimum Gasteiger partial charge on any atom is -0.377 e. The summed E-state index contributed by atoms with van der Waals surface area (Å²) in [7, 11) is 3.57. The Morgan fingerprint density at radius 2 is 1.70 bits per heavy atom. The Morgan fingerprint density at radius 1 is 1.09 bits per heavy atom. The highest BCUT2D eigenvalue weighted by molar-refractivity contribution is 6.08. The van der Waals surface area contributed by atoms with E-state index in [1.807, 2.05) is 32.0 Å². The quantitative estimate of drug-likeness (QED) is 0.692. The topological polar surface area (TPSA) is 75.5 Å². The molecule has 0 unspecified atom stereocenters. The van der Waals surface area contributed by atoms with Gasteiger partial charge in [0.15, 0.2) is 0 Å². The van der Waals surface area contributed by atoms with Crippen molar-refractivity contribution < 1.29 is 9.72 Å². The third kappa shape index (κ3) is 3.85. The smallest absolute Gasteiger partial charge is 0.270 e. The van der Waals surface area contributed by atoms with Gasteiger partial charge in [-0.25, -0.2) is 0 Å². The van der Waals surface area contributed by atoms with Crippen molar-refractivity contribution in [2.24, 2.45) is 0 Å². The van der Waals surface area contributed by atoms with Gasteiger partial charge in [0.1, 0.15) is 0 Å². The maximum Gasteiger partial charge on any atom is 0.270 e. The Morgan fingerprint density at radius 3 is 2.22 bits per heavy atom. The van der Waals surface area contributed by atoms with Crippen LogP contribution >= 0.6 is 0 Å². The number of hydrogen-bond acceptors (Lipinski definition) is 4. The molecule has 0 saturated heterocycles. The van der Waals surface area contributed by atoms with Crippen molar-refractivity contribution in [3.05, 3.63) is 63.2 Å². The number of amides is 1. The number of non-ortho nitro benzene ring substituents is 1. The molecule has 6 nitrogen and oxygen atoms in total. The highest BCUT2D eigenvalue weighted by Gasteiger charge is 2.18. The minimum absolute atomic E-state index is 0.110. The van der Waals surface area contributed by atoms with Gasteiger partial charge in [-0.15, -0.1) is 0 Å². The molecule has 0 aliphatic heterocycles. The highest BCUT2D eigenvalue weighted by Crippen LogP contribution is 2.25. The summed E-state index contributed by atoms with van der Waals surface area (Å²) in [5.74, 6) is -0.373. The van der Waals surface area contributed by atoms with Crippen LogP contribution in [-0.4, -0.2) is 24.9 Å². The number of nitrogens with one attached hydrogen (secondary N) is 1. The second kappa shape index (κ2) is 6.48. The Kier molecular flexibility index (Phi) is 4.64. The van der Waals surface area contributed by atoms with Crippen molar-refractivity contribution in [3.63, 3.8) is 0 Å². The zero-order valence-electron chi connectivity index (χ0n) is 13.6. The van der Waals surface area contributed by atoms with E-state index >= 15 is 0 Å². The average molecular weight is 313 g/mol. The van der Waals surface area contributed by atoms with E-state index in [9.17, 15) is 14.9 Å². The van der Waals surface area contributed by atoms with Crippen LogP contribution in [0.1, 0.15) is 21.5 Å². The molecule has 120 valence electrons. The molecule has 0 aliphatic carbocycles. The van der Waals surface area contributed by atoms with Gasteiger partial charge in [0.25, 0.3) is 11.6 Å². The van der Waals surface area contributed by atoms with Gasteiger partial charge in [-0.2, -0.15) is 0 Å². The van der Waals surface area contributed by atoms with Crippen LogP contribution in [0.3, 0.4) is 0 Å². The highest BCUT2D eigenvalue weighted by atomic mass is 16.6. The maximum atomic E-state index is 12.6. The molecule has 0 bridgehead atoms. The second-order valence-corrected chi connectivity index (χ2v) is 5.68. The molecule has 0 radical (unpaired) electrons. The minimum atomic E-state index is -0.507. The van der Waals surface area contributed by atoms with Crippen LogP contribution < -0.4 is 10.2 Å². The molecule has 2 aromatic carbocycles. The maximum absolute atomic E-state index is 12.6. The lowest BCUT2D eigenvalue weighted by Gasteiger charge is -2.17. The molecule has 0 fully saturated rings. The fourth-order valence-electron chi connectivity index (χ4n) is 2.45. The van der Waals surface area contributed by atoms with Gasteiger partial charge in [-0.05, 0) is 43.2 Å². The average Bonchev–Trinajstić information content (AvgIpc) is 2.45. The molecule has 2 rings (SSSR count). The Bertz CT molecular complexity index is 749. The first-order valence-corrected chi connectivity index (χ1v) is 7.13. The zero-order valence-corrected chi connectivity index (χ0v) is 13.6. The molecule has 0 heterocycles. The van der Waals surface area contributed by atoms with Gasteiger partial charge in [0.05, 0.1) is 10.5 Å². The molecule has 0 aliphatic rings. The molecule has 0 saturated carbocycles. The lowest BCUT2D eigenvalue weighted by molar-refractivity contribution is -0.384. The summed E-state index contributed by atoms with van der Waals surface area (Å²) in [6.07, 6.45) is 0. The molecule has 2 aromatic rings. The van der Waals surface area contributed by atoms with E-state index in [4.69, 9.17) is 0 Å². The molecular formula is C17H19N3O3. The van der Waals surface area contributed by atoms with E-state index in [1.54, 1.807) is 25.1 Å². The number of aryl methyl sites for hydroxylation is 2. The van der Waals surface area contributed by atoms with Crippen LogP contribution in [0.2, 0.25) is 0 Å². The first kappa shape index (κ1) is 16.5. The van der Waals surface area contributed by atoms with Crippen molar-refractivity contribution in [1.82, 2.24) is 0 Å². The first-order chi connectivity index (χ1) is 10.8. The van der Waals surface area contributed by atoms with Crippen molar-refractivity contribution in [2.75, 3.05) is 24.3 Å². The third-order valence-electron chi connectivity index (χ3n) is 3.40. The first-order valence-electron chi connectivity index (χ1n) is 7.13. The molecule has 1 N–H and O–H groups in total. The summed E-state index contributed by atoms with van der Waals surface area (Å²) < 4.78 is 0. The van der Waals surface area contributed by atoms with E-state index < -0.39 is 4.92 Å². The summed E-state index contributed by atoms with van der Waals surface area (Å²) in [6, 6.07) is 9.99. The van der Waals surface area contributed by atoms with Gasteiger partial charge < -0.3 is 10.2 Å². The fraction of sp³-hybridized carbons (Fsp3) is 0.235. The summed E-state index contributed by atoms with van der Waals surface area (Å²) in [6.45, 7) is 3.89. The number of nitro groups is 1. The van der Waals surface area contributed by atoms with E-state index in [1.165, 1.54) is 12.1 Å². The summed E-state index contributed by atoms with van der Waals surface area (Å²) in [5.41, 5.74) is 3.52. The molecule has 6 heteroatoms. The van der Waals surface area contributed by atoms with Crippen molar-refractivity contribution in [1.29, 1.82) is 0 Å². The molecule has 0 spiro atoms. The van der Waals surface area contributed by atoms with Crippen LogP contribution in [0.5, 0.6) is 0 Å². The van der Waals surface area contributed by atoms with Gasteiger partial charge in [-0.3, -0.25) is 14.9 Å². The van der Waals surface area contributed by atoms with E-state index in [2.05, 4.69) is 5.32 Å². The Labute approximate surface area is 134 Å². The van der Waals surface area contributed by atoms with Crippen LogP contribution in [0.25, 0.3) is 0 Å². The molecular weight excluding hydrogens is 294 g/mol. The number of carbonyl (C=O) groups is 1. The summed E-state index contributed by atoms with van der Waals surface area (Å²) in [5, 5.41) is 13.8. The number of hydrogen-bond donors (Lipinski definition) is 1. The van der Waals surface area contributed by atoms with Crippen molar-refractivity contribution in [2.45, 2.75) is 13.8 Å². The molecule has 0 atom stereocenters. The predicted molar refractivity (Wildman–Crippen MR) is 91.3 cm³/mol. The van der Waals surface area contributed by atoms with Crippen LogP contribution in [-0.2, 0) is 0 Å². The number of nitro benzene ring substituents is 1. The summed E-state index contributed by atoms with van der Waals surface area (Å²) >= 11 is 0. The van der Waals surface area contributed by atoms with Crippen LogP contribution in [0.4, 0.5) is 17.1 Å². The standard InChI is InChI=1S/C17H19N3O3/c1-11-7-12(2)9-13(8-11)18-17(21)15-10-14(20(22)23)5-6-16(15)19(3)4/h5-10H,1-4H3,(H,18,21). The van der Waals surface area contributed by atoms with Crippen molar-refractivity contribution >= 4 is 23.0 Å². The normalized spacial score (nSPS) is 10.3. The van der Waals surface area contributed by atoms with Gasteiger partial charge >= 0.3 is 0 Å². The molecule has 1 amide bonds. The number of benzene rings is 2. The molecule has 0 aromatic heterocycles. The monoisotopic (exact) mass is 313 g/mol. The van der Waals surface area contributed by atoms with Crippen LogP contribution in [0, 0.1) is 24.0 Å². The van der Waals surface area contributed by atoms with E-state index in [-0.39, 0.29) is 17.2 Å². The molecule has 23 heavy (non-hydrogen) atoms. The lowest BCUT2D eigenvalue weighted by Crippen LogP contribution is -2.19. The number of nitrogens with zero attached hydrogens (tertiary/aromatic N) is 2. The van der Waals surface area contributed by atoms with Gasteiger partial charge in [-0.1, -0.05) is 6.07 Å². The Balaban J connectivity index is 2.40.